The molecule has 0 saturated heterocycles. The van der Waals surface area contributed by atoms with E-state index < -0.39 is 6.04 Å². The van der Waals surface area contributed by atoms with Crippen LogP contribution in [0.15, 0.2) is 48.5 Å². The van der Waals surface area contributed by atoms with E-state index in [0.717, 1.165) is 17.7 Å². The van der Waals surface area contributed by atoms with Crippen molar-refractivity contribution in [3.63, 3.8) is 0 Å². The highest BCUT2D eigenvalue weighted by atomic mass is 16.5. The molecule has 2 rings (SSSR count). The lowest BCUT2D eigenvalue weighted by Crippen LogP contribution is -2.49. The first-order chi connectivity index (χ1) is 14.5. The predicted octanol–water partition coefficient (Wildman–Crippen LogP) is 3.03. The molecular weight excluding hydrogens is 384 g/mol. The quantitative estimate of drug-likeness (QED) is 0.612. The Hall–Kier alpha value is -3.22. The predicted molar refractivity (Wildman–Crippen MR) is 115 cm³/mol. The Bertz CT molecular complexity index is 823. The average Bonchev–Trinajstić information content (AvgIpc) is 2.79. The summed E-state index contributed by atoms with van der Waals surface area (Å²) in [6.07, 6.45) is 0.821. The van der Waals surface area contributed by atoms with Gasteiger partial charge in [0.15, 0.2) is 18.1 Å². The highest BCUT2D eigenvalue weighted by Crippen LogP contribution is 2.26. The van der Waals surface area contributed by atoms with E-state index in [1.165, 1.54) is 4.90 Å². The fourth-order valence-electron chi connectivity index (χ4n) is 2.87. The summed E-state index contributed by atoms with van der Waals surface area (Å²) < 4.78 is 16.1. The summed E-state index contributed by atoms with van der Waals surface area (Å²) in [5, 5.41) is 2.85. The van der Waals surface area contributed by atoms with E-state index >= 15 is 0 Å². The molecule has 0 radical (unpaired) electrons. The van der Waals surface area contributed by atoms with E-state index in [0.29, 0.717) is 18.0 Å². The third kappa shape index (κ3) is 6.40. The Morgan fingerprint density at radius 2 is 1.67 bits per heavy atom. The van der Waals surface area contributed by atoms with Crippen LogP contribution < -0.4 is 19.5 Å². The number of amides is 2. The van der Waals surface area contributed by atoms with Crippen LogP contribution in [0.5, 0.6) is 17.2 Å². The lowest BCUT2D eigenvalue weighted by atomic mass is 10.1. The molecule has 0 aliphatic rings. The highest BCUT2D eigenvalue weighted by molar-refractivity contribution is 5.88. The zero-order valence-corrected chi connectivity index (χ0v) is 18.0. The number of methoxy groups -OCH3 is 2. The third-order valence-electron chi connectivity index (χ3n) is 4.65. The summed E-state index contributed by atoms with van der Waals surface area (Å²) in [5.74, 6) is 1.25. The van der Waals surface area contributed by atoms with Gasteiger partial charge in [0.1, 0.15) is 11.8 Å². The molecule has 7 nitrogen and oxygen atoms in total. The lowest BCUT2D eigenvalue weighted by molar-refractivity contribution is -0.142. The van der Waals surface area contributed by atoms with Crippen LogP contribution in [-0.4, -0.2) is 50.1 Å². The highest BCUT2D eigenvalue weighted by Gasteiger charge is 2.26. The molecule has 0 aliphatic heterocycles. The van der Waals surface area contributed by atoms with Gasteiger partial charge < -0.3 is 24.4 Å². The Morgan fingerprint density at radius 1 is 1.00 bits per heavy atom. The average molecular weight is 415 g/mol. The summed E-state index contributed by atoms with van der Waals surface area (Å²) in [6.45, 7) is 4.33. The molecule has 30 heavy (non-hydrogen) atoms. The van der Waals surface area contributed by atoms with E-state index in [9.17, 15) is 9.59 Å². The summed E-state index contributed by atoms with van der Waals surface area (Å²) in [6, 6.07) is 13.9. The number of carbonyl (C=O) groups excluding carboxylic acids is 2. The van der Waals surface area contributed by atoms with Gasteiger partial charge in [-0.05, 0) is 43.2 Å². The van der Waals surface area contributed by atoms with Gasteiger partial charge in [0.2, 0.25) is 5.91 Å². The smallest absolute Gasteiger partial charge is 0.261 e. The van der Waals surface area contributed by atoms with Gasteiger partial charge in [-0.25, -0.2) is 0 Å². The first-order valence-corrected chi connectivity index (χ1v) is 9.96. The largest absolute Gasteiger partial charge is 0.497 e. The van der Waals surface area contributed by atoms with Crippen LogP contribution in [-0.2, 0) is 16.1 Å². The van der Waals surface area contributed by atoms with Gasteiger partial charge in [-0.2, -0.15) is 0 Å². The topological polar surface area (TPSA) is 77.1 Å². The van der Waals surface area contributed by atoms with Gasteiger partial charge in [-0.15, -0.1) is 0 Å². The molecule has 0 bridgehead atoms. The Kier molecular flexibility index (Phi) is 9.00. The number of para-hydroxylation sites is 2. The molecule has 0 saturated carbocycles. The van der Waals surface area contributed by atoms with Crippen molar-refractivity contribution in [1.82, 2.24) is 10.2 Å². The third-order valence-corrected chi connectivity index (χ3v) is 4.65. The standard InChI is InChI=1S/C23H30N2O5/c1-5-14-24-23(27)17(2)25(15-18-10-12-19(28-3)13-11-18)22(26)16-30-21-9-7-6-8-20(21)29-4/h6-13,17H,5,14-16H2,1-4H3,(H,24,27)/t17-/m0/s1. The molecule has 0 fully saturated rings. The minimum atomic E-state index is -0.646. The van der Waals surface area contributed by atoms with E-state index in [1.807, 2.05) is 37.3 Å². The molecule has 0 aliphatic carbocycles. The minimum Gasteiger partial charge on any atom is -0.497 e. The molecule has 7 heteroatoms. The van der Waals surface area contributed by atoms with Crippen LogP contribution >= 0.6 is 0 Å². The Balaban J connectivity index is 2.15. The van der Waals surface area contributed by atoms with Crippen molar-refractivity contribution in [1.29, 1.82) is 0 Å². The SMILES string of the molecule is CCCNC(=O)[C@H](C)N(Cc1ccc(OC)cc1)C(=O)COc1ccccc1OC. The maximum atomic E-state index is 13.0. The molecule has 0 aromatic heterocycles. The van der Waals surface area contributed by atoms with E-state index in [-0.39, 0.29) is 25.0 Å². The van der Waals surface area contributed by atoms with E-state index in [4.69, 9.17) is 14.2 Å². The lowest BCUT2D eigenvalue weighted by Gasteiger charge is -2.29. The van der Waals surface area contributed by atoms with Crippen LogP contribution in [0.4, 0.5) is 0 Å². The number of ether oxygens (including phenoxy) is 3. The maximum absolute atomic E-state index is 13.0. The van der Waals surface area contributed by atoms with Gasteiger partial charge in [-0.3, -0.25) is 9.59 Å². The number of nitrogens with zero attached hydrogens (tertiary/aromatic N) is 1. The van der Waals surface area contributed by atoms with Gasteiger partial charge in [0, 0.05) is 13.1 Å². The van der Waals surface area contributed by atoms with Crippen molar-refractivity contribution >= 4 is 11.8 Å². The van der Waals surface area contributed by atoms with Crippen molar-refractivity contribution in [3.05, 3.63) is 54.1 Å². The molecule has 0 heterocycles. The molecule has 162 valence electrons. The number of nitrogens with one attached hydrogen (secondary N) is 1. The summed E-state index contributed by atoms with van der Waals surface area (Å²) in [4.78, 5) is 27.1. The Morgan fingerprint density at radius 3 is 2.27 bits per heavy atom. The first-order valence-electron chi connectivity index (χ1n) is 9.96. The Labute approximate surface area is 177 Å². The van der Waals surface area contributed by atoms with Crippen molar-refractivity contribution < 1.29 is 23.8 Å². The zero-order valence-electron chi connectivity index (χ0n) is 18.0. The fraction of sp³-hybridized carbons (Fsp3) is 0.391. The molecule has 1 N–H and O–H groups in total. The summed E-state index contributed by atoms with van der Waals surface area (Å²) in [7, 11) is 3.14. The van der Waals surface area contributed by atoms with Crippen molar-refractivity contribution in [3.8, 4) is 17.2 Å². The van der Waals surface area contributed by atoms with Crippen LogP contribution in [0, 0.1) is 0 Å². The van der Waals surface area contributed by atoms with Crippen LogP contribution in [0.3, 0.4) is 0 Å². The maximum Gasteiger partial charge on any atom is 0.261 e. The number of hydrogen-bond acceptors (Lipinski definition) is 5. The molecule has 2 amide bonds. The molecular formula is C23H30N2O5. The van der Waals surface area contributed by atoms with E-state index in [1.54, 1.807) is 39.3 Å². The van der Waals surface area contributed by atoms with Gasteiger partial charge in [0.05, 0.1) is 14.2 Å². The molecule has 2 aromatic rings. The summed E-state index contributed by atoms with van der Waals surface area (Å²) in [5.41, 5.74) is 0.886. The van der Waals surface area contributed by atoms with Crippen molar-refractivity contribution in [2.24, 2.45) is 0 Å². The summed E-state index contributed by atoms with van der Waals surface area (Å²) >= 11 is 0. The normalized spacial score (nSPS) is 11.3. The van der Waals surface area contributed by atoms with Gasteiger partial charge >= 0.3 is 0 Å². The minimum absolute atomic E-state index is 0.198. The van der Waals surface area contributed by atoms with Gasteiger partial charge in [0.25, 0.3) is 5.91 Å². The van der Waals surface area contributed by atoms with Crippen molar-refractivity contribution in [2.75, 3.05) is 27.4 Å². The second-order valence-corrected chi connectivity index (χ2v) is 6.78. The molecule has 2 aromatic carbocycles. The molecule has 0 spiro atoms. The first kappa shape index (κ1) is 23.1. The molecule has 0 unspecified atom stereocenters. The number of rotatable bonds is 11. The van der Waals surface area contributed by atoms with Crippen molar-refractivity contribution in [2.45, 2.75) is 32.9 Å². The van der Waals surface area contributed by atoms with Crippen LogP contribution in [0.25, 0.3) is 0 Å². The van der Waals surface area contributed by atoms with Gasteiger partial charge in [-0.1, -0.05) is 31.2 Å². The second kappa shape index (κ2) is 11.7. The van der Waals surface area contributed by atoms with Crippen LogP contribution in [0.2, 0.25) is 0 Å². The number of hydrogen-bond donors (Lipinski definition) is 1. The second-order valence-electron chi connectivity index (χ2n) is 6.78. The van der Waals surface area contributed by atoms with E-state index in [2.05, 4.69) is 5.32 Å². The zero-order chi connectivity index (χ0) is 21.9. The monoisotopic (exact) mass is 414 g/mol. The fourth-order valence-corrected chi connectivity index (χ4v) is 2.87. The molecule has 1 atom stereocenters. The number of carbonyl (C=O) groups is 2. The number of benzene rings is 2. The van der Waals surface area contributed by atoms with Crippen LogP contribution in [0.1, 0.15) is 25.8 Å².